The third-order valence-corrected chi connectivity index (χ3v) is 8.70. The van der Waals surface area contributed by atoms with Crippen LogP contribution in [0.5, 0.6) is 5.75 Å². The van der Waals surface area contributed by atoms with Gasteiger partial charge in [-0.05, 0) is 81.3 Å². The Morgan fingerprint density at radius 3 is 2.25 bits per heavy atom. The number of halogens is 1. The SMILES string of the molecule is CC[C@H](C)NC(=O)[C@@H](C)N(Cc1cccc(OC)c1)C(=O)CN(c1ccc(C)cc1)S(=O)(=O)c1ccc(Cl)cc1. The van der Waals surface area contributed by atoms with E-state index in [9.17, 15) is 18.0 Å². The molecular formula is C30H36ClN3O5S. The minimum absolute atomic E-state index is 0.00724. The summed E-state index contributed by atoms with van der Waals surface area (Å²) in [5.74, 6) is -0.256. The number of hydrogen-bond donors (Lipinski definition) is 1. The van der Waals surface area contributed by atoms with Crippen LogP contribution in [0.3, 0.4) is 0 Å². The molecule has 0 saturated carbocycles. The lowest BCUT2D eigenvalue weighted by Crippen LogP contribution is -2.52. The normalized spacial score (nSPS) is 12.8. The van der Waals surface area contributed by atoms with Crippen LogP contribution in [-0.2, 0) is 26.2 Å². The van der Waals surface area contributed by atoms with Crippen LogP contribution in [0, 0.1) is 6.92 Å². The van der Waals surface area contributed by atoms with Crippen LogP contribution in [-0.4, -0.2) is 50.9 Å². The van der Waals surface area contributed by atoms with Crippen molar-refractivity contribution in [1.82, 2.24) is 10.2 Å². The first-order valence-electron chi connectivity index (χ1n) is 13.0. The summed E-state index contributed by atoms with van der Waals surface area (Å²) in [5, 5.41) is 3.31. The van der Waals surface area contributed by atoms with Crippen LogP contribution in [0.2, 0.25) is 5.02 Å². The van der Waals surface area contributed by atoms with E-state index in [1.165, 1.54) is 29.2 Å². The molecule has 0 aromatic heterocycles. The molecule has 0 bridgehead atoms. The lowest BCUT2D eigenvalue weighted by molar-refractivity contribution is -0.139. The molecule has 214 valence electrons. The molecule has 1 N–H and O–H groups in total. The summed E-state index contributed by atoms with van der Waals surface area (Å²) >= 11 is 6.00. The van der Waals surface area contributed by atoms with Gasteiger partial charge in [0.15, 0.2) is 0 Å². The standard InChI is InChI=1S/C30H36ClN3O5S/c1-6-22(3)32-30(36)23(4)33(19-24-8-7-9-27(18-24)39-5)29(35)20-34(26-14-10-21(2)11-15-26)40(37,38)28-16-12-25(31)13-17-28/h7-18,22-23H,6,19-20H2,1-5H3,(H,32,36)/t22-,23+/m0/s1. The number of aryl methyl sites for hydroxylation is 1. The molecule has 0 aliphatic heterocycles. The van der Waals surface area contributed by atoms with Crippen LogP contribution >= 0.6 is 11.6 Å². The number of benzene rings is 3. The molecule has 0 aliphatic carbocycles. The van der Waals surface area contributed by atoms with Crippen LogP contribution in [0.1, 0.15) is 38.3 Å². The van der Waals surface area contributed by atoms with E-state index in [-0.39, 0.29) is 23.4 Å². The van der Waals surface area contributed by atoms with Crippen molar-refractivity contribution in [2.24, 2.45) is 0 Å². The van der Waals surface area contributed by atoms with E-state index in [0.717, 1.165) is 21.9 Å². The number of carbonyl (C=O) groups excluding carboxylic acids is 2. The van der Waals surface area contributed by atoms with Crippen molar-refractivity contribution in [3.63, 3.8) is 0 Å². The second kappa shape index (κ2) is 13.7. The number of nitrogens with zero attached hydrogens (tertiary/aromatic N) is 2. The number of carbonyl (C=O) groups is 2. The number of methoxy groups -OCH3 is 1. The summed E-state index contributed by atoms with van der Waals surface area (Å²) in [6.07, 6.45) is 0.725. The van der Waals surface area contributed by atoms with Crippen LogP contribution in [0.25, 0.3) is 0 Å². The van der Waals surface area contributed by atoms with Gasteiger partial charge in [-0.15, -0.1) is 0 Å². The maximum Gasteiger partial charge on any atom is 0.264 e. The predicted octanol–water partition coefficient (Wildman–Crippen LogP) is 5.18. The predicted molar refractivity (Wildman–Crippen MR) is 158 cm³/mol. The Bertz CT molecular complexity index is 1410. The Balaban J connectivity index is 2.03. The minimum atomic E-state index is -4.16. The first-order chi connectivity index (χ1) is 19.0. The maximum absolute atomic E-state index is 14.0. The molecule has 0 saturated heterocycles. The van der Waals surface area contributed by atoms with Crippen molar-refractivity contribution in [3.8, 4) is 5.75 Å². The van der Waals surface area contributed by atoms with Crippen molar-refractivity contribution in [1.29, 1.82) is 0 Å². The highest BCUT2D eigenvalue weighted by atomic mass is 35.5. The molecule has 2 amide bonds. The second-order valence-corrected chi connectivity index (χ2v) is 12.0. The number of anilines is 1. The van der Waals surface area contributed by atoms with E-state index >= 15 is 0 Å². The zero-order valence-corrected chi connectivity index (χ0v) is 25.0. The average Bonchev–Trinajstić information content (AvgIpc) is 2.94. The Hall–Kier alpha value is -3.56. The number of amides is 2. The molecule has 10 heteroatoms. The summed E-state index contributed by atoms with van der Waals surface area (Å²) in [5.41, 5.74) is 2.00. The Morgan fingerprint density at radius 1 is 1.00 bits per heavy atom. The number of ether oxygens (including phenoxy) is 1. The second-order valence-electron chi connectivity index (χ2n) is 9.67. The van der Waals surface area contributed by atoms with Crippen molar-refractivity contribution in [2.45, 2.75) is 57.6 Å². The highest BCUT2D eigenvalue weighted by Crippen LogP contribution is 2.26. The van der Waals surface area contributed by atoms with Gasteiger partial charge in [0.1, 0.15) is 18.3 Å². The van der Waals surface area contributed by atoms with Crippen LogP contribution < -0.4 is 14.4 Å². The van der Waals surface area contributed by atoms with E-state index in [0.29, 0.717) is 16.5 Å². The number of nitrogens with one attached hydrogen (secondary N) is 1. The molecule has 0 unspecified atom stereocenters. The number of rotatable bonds is 12. The fourth-order valence-corrected chi connectivity index (χ4v) is 5.53. The molecule has 0 aliphatic rings. The zero-order chi connectivity index (χ0) is 29.4. The fraction of sp³-hybridized carbons (Fsp3) is 0.333. The topological polar surface area (TPSA) is 96.0 Å². The Kier molecular flexibility index (Phi) is 10.6. The molecule has 3 aromatic rings. The summed E-state index contributed by atoms with van der Waals surface area (Å²) in [7, 11) is -2.61. The van der Waals surface area contributed by atoms with Crippen molar-refractivity contribution >= 4 is 39.1 Å². The molecule has 0 spiro atoms. The third kappa shape index (κ3) is 7.76. The summed E-state index contributed by atoms with van der Waals surface area (Å²) in [6, 6.07) is 18.9. The molecule has 0 radical (unpaired) electrons. The highest BCUT2D eigenvalue weighted by Gasteiger charge is 2.32. The lowest BCUT2D eigenvalue weighted by Gasteiger charge is -2.32. The molecule has 40 heavy (non-hydrogen) atoms. The van der Waals surface area contributed by atoms with E-state index in [2.05, 4.69) is 5.32 Å². The summed E-state index contributed by atoms with van der Waals surface area (Å²) in [6.45, 7) is 6.93. The fourth-order valence-electron chi connectivity index (χ4n) is 3.99. The first-order valence-corrected chi connectivity index (χ1v) is 14.9. The molecule has 2 atom stereocenters. The minimum Gasteiger partial charge on any atom is -0.497 e. The zero-order valence-electron chi connectivity index (χ0n) is 23.4. The van der Waals surface area contributed by atoms with Crippen molar-refractivity contribution in [2.75, 3.05) is 18.0 Å². The quantitative estimate of drug-likeness (QED) is 0.316. The van der Waals surface area contributed by atoms with Gasteiger partial charge in [-0.2, -0.15) is 0 Å². The highest BCUT2D eigenvalue weighted by molar-refractivity contribution is 7.92. The van der Waals surface area contributed by atoms with Gasteiger partial charge in [0, 0.05) is 17.6 Å². The summed E-state index contributed by atoms with van der Waals surface area (Å²) < 4.78 is 34.1. The van der Waals surface area contributed by atoms with E-state index < -0.39 is 28.5 Å². The lowest BCUT2D eigenvalue weighted by atomic mass is 10.1. The number of sulfonamides is 1. The van der Waals surface area contributed by atoms with E-state index in [1.807, 2.05) is 26.8 Å². The van der Waals surface area contributed by atoms with Crippen molar-refractivity contribution in [3.05, 3.63) is 88.9 Å². The molecule has 3 aromatic carbocycles. The number of hydrogen-bond acceptors (Lipinski definition) is 5. The van der Waals surface area contributed by atoms with Crippen LogP contribution in [0.4, 0.5) is 5.69 Å². The van der Waals surface area contributed by atoms with Gasteiger partial charge in [0.25, 0.3) is 10.0 Å². The molecule has 0 fully saturated rings. The van der Waals surface area contributed by atoms with Gasteiger partial charge >= 0.3 is 0 Å². The molecule has 8 nitrogen and oxygen atoms in total. The smallest absolute Gasteiger partial charge is 0.264 e. The largest absolute Gasteiger partial charge is 0.497 e. The summed E-state index contributed by atoms with van der Waals surface area (Å²) in [4.78, 5) is 28.5. The average molecular weight is 586 g/mol. The monoisotopic (exact) mass is 585 g/mol. The third-order valence-electron chi connectivity index (χ3n) is 6.66. The van der Waals surface area contributed by atoms with Crippen LogP contribution in [0.15, 0.2) is 77.7 Å². The molecular weight excluding hydrogens is 550 g/mol. The van der Waals surface area contributed by atoms with Gasteiger partial charge in [-0.3, -0.25) is 13.9 Å². The van der Waals surface area contributed by atoms with E-state index in [4.69, 9.17) is 16.3 Å². The van der Waals surface area contributed by atoms with E-state index in [1.54, 1.807) is 56.5 Å². The maximum atomic E-state index is 14.0. The van der Waals surface area contributed by atoms with Crippen molar-refractivity contribution < 1.29 is 22.7 Å². The van der Waals surface area contributed by atoms with Gasteiger partial charge < -0.3 is 15.0 Å². The van der Waals surface area contributed by atoms with Gasteiger partial charge in [-0.1, -0.05) is 48.4 Å². The van der Waals surface area contributed by atoms with Gasteiger partial charge in [0.2, 0.25) is 11.8 Å². The van der Waals surface area contributed by atoms with Gasteiger partial charge in [0.05, 0.1) is 17.7 Å². The van der Waals surface area contributed by atoms with Gasteiger partial charge in [-0.25, -0.2) is 8.42 Å². The Morgan fingerprint density at radius 2 is 1.65 bits per heavy atom. The molecule has 0 heterocycles. The molecule has 3 rings (SSSR count). The Labute approximate surface area is 241 Å². The first kappa shape index (κ1) is 31.0.